The van der Waals surface area contributed by atoms with Gasteiger partial charge in [0.2, 0.25) is 0 Å². The molecular formula is C17H18N2OS. The van der Waals surface area contributed by atoms with Gasteiger partial charge in [0.15, 0.2) is 0 Å². The zero-order valence-electron chi connectivity index (χ0n) is 12.2. The Hall–Kier alpha value is -2.07. The molecule has 3 aromatic rings. The first kappa shape index (κ1) is 13.9. The number of nitrogens with one attached hydrogen (secondary N) is 1. The Labute approximate surface area is 128 Å². The Morgan fingerprint density at radius 1 is 1.24 bits per heavy atom. The third-order valence-electron chi connectivity index (χ3n) is 3.46. The number of aromatic nitrogens is 1. The number of hydrogen-bond donors (Lipinski definition) is 1. The molecule has 0 bridgehead atoms. The highest BCUT2D eigenvalue weighted by Crippen LogP contribution is 2.28. The molecule has 0 aliphatic heterocycles. The maximum absolute atomic E-state index is 12.2. The molecule has 0 fully saturated rings. The van der Waals surface area contributed by atoms with Crippen LogP contribution in [0.25, 0.3) is 10.1 Å². The lowest BCUT2D eigenvalue weighted by Crippen LogP contribution is -2.21. The number of nitrogens with zero attached hydrogens (tertiary/aromatic N) is 1. The van der Waals surface area contributed by atoms with Gasteiger partial charge in [-0.25, -0.2) is 0 Å². The molecule has 2 aromatic heterocycles. The van der Waals surface area contributed by atoms with Gasteiger partial charge in [-0.15, -0.1) is 11.3 Å². The van der Waals surface area contributed by atoms with E-state index < -0.39 is 0 Å². The van der Waals surface area contributed by atoms with Gasteiger partial charge in [-0.3, -0.25) is 4.79 Å². The molecule has 108 valence electrons. The Balaban J connectivity index is 1.71. The Bertz CT molecular complexity index is 724. The van der Waals surface area contributed by atoms with Crippen LogP contribution in [-0.2, 0) is 6.54 Å². The van der Waals surface area contributed by atoms with Crippen LogP contribution in [-0.4, -0.2) is 10.5 Å². The second-order valence-corrected chi connectivity index (χ2v) is 6.48. The summed E-state index contributed by atoms with van der Waals surface area (Å²) in [6, 6.07) is 12.4. The summed E-state index contributed by atoms with van der Waals surface area (Å²) in [5.41, 5.74) is 1.11. The molecule has 3 nitrogen and oxygen atoms in total. The summed E-state index contributed by atoms with van der Waals surface area (Å²) in [4.78, 5) is 13.0. The molecule has 1 amide bonds. The van der Waals surface area contributed by atoms with Crippen LogP contribution in [0.15, 0.2) is 48.8 Å². The van der Waals surface area contributed by atoms with Crippen molar-refractivity contribution >= 4 is 27.3 Å². The third-order valence-corrected chi connectivity index (χ3v) is 4.55. The molecule has 1 N–H and O–H groups in total. The fourth-order valence-electron chi connectivity index (χ4n) is 2.23. The lowest BCUT2D eigenvalue weighted by atomic mass is 10.2. The van der Waals surface area contributed by atoms with Crippen molar-refractivity contribution in [3.8, 4) is 0 Å². The van der Waals surface area contributed by atoms with Gasteiger partial charge in [0, 0.05) is 30.4 Å². The van der Waals surface area contributed by atoms with Crippen LogP contribution in [0.3, 0.4) is 0 Å². The Kier molecular flexibility index (Phi) is 3.80. The first-order chi connectivity index (χ1) is 10.1. The number of fused-ring (bicyclic) bond motifs is 1. The molecule has 1 aromatic carbocycles. The predicted molar refractivity (Wildman–Crippen MR) is 87.8 cm³/mol. The minimum Gasteiger partial charge on any atom is -0.350 e. The first-order valence-electron chi connectivity index (χ1n) is 7.06. The molecular weight excluding hydrogens is 280 g/mol. The van der Waals surface area contributed by atoms with Crippen LogP contribution in [0.1, 0.15) is 35.1 Å². The molecule has 0 atom stereocenters. The van der Waals surface area contributed by atoms with Gasteiger partial charge in [-0.05, 0) is 25.5 Å². The molecule has 0 saturated heterocycles. The van der Waals surface area contributed by atoms with Crippen molar-refractivity contribution in [1.82, 2.24) is 9.88 Å². The molecule has 0 saturated carbocycles. The van der Waals surface area contributed by atoms with E-state index in [-0.39, 0.29) is 5.91 Å². The normalized spacial score (nSPS) is 11.2. The molecule has 21 heavy (non-hydrogen) atoms. The molecule has 4 heteroatoms. The zero-order valence-corrected chi connectivity index (χ0v) is 13.0. The van der Waals surface area contributed by atoms with Crippen molar-refractivity contribution < 1.29 is 4.79 Å². The van der Waals surface area contributed by atoms with Gasteiger partial charge in [0.05, 0.1) is 9.58 Å². The molecule has 0 aliphatic carbocycles. The van der Waals surface area contributed by atoms with E-state index >= 15 is 0 Å². The van der Waals surface area contributed by atoms with E-state index in [2.05, 4.69) is 36.1 Å². The monoisotopic (exact) mass is 298 g/mol. The summed E-state index contributed by atoms with van der Waals surface area (Å²) in [7, 11) is 0. The van der Waals surface area contributed by atoms with Crippen LogP contribution in [0, 0.1) is 0 Å². The van der Waals surface area contributed by atoms with Crippen LogP contribution in [0.4, 0.5) is 0 Å². The van der Waals surface area contributed by atoms with Crippen LogP contribution < -0.4 is 5.32 Å². The van der Waals surface area contributed by atoms with Gasteiger partial charge in [-0.1, -0.05) is 30.3 Å². The van der Waals surface area contributed by atoms with Crippen LogP contribution in [0.5, 0.6) is 0 Å². The average Bonchev–Trinajstić information content (AvgIpc) is 3.04. The van der Waals surface area contributed by atoms with Crippen molar-refractivity contribution in [2.45, 2.75) is 26.4 Å². The number of amides is 1. The number of carbonyl (C=O) groups excluding carboxylic acids is 1. The highest BCUT2D eigenvalue weighted by molar-refractivity contribution is 7.20. The number of benzene rings is 1. The number of rotatable bonds is 4. The molecule has 3 rings (SSSR count). The Morgan fingerprint density at radius 2 is 2.00 bits per heavy atom. The molecule has 0 aliphatic rings. The van der Waals surface area contributed by atoms with Crippen LogP contribution >= 0.6 is 11.3 Å². The van der Waals surface area contributed by atoms with Crippen LogP contribution in [0.2, 0.25) is 0 Å². The number of carbonyl (C=O) groups is 1. The Morgan fingerprint density at radius 3 is 2.67 bits per heavy atom. The highest BCUT2D eigenvalue weighted by atomic mass is 32.1. The van der Waals surface area contributed by atoms with E-state index in [1.54, 1.807) is 11.3 Å². The van der Waals surface area contributed by atoms with E-state index in [1.165, 1.54) is 0 Å². The maximum atomic E-state index is 12.2. The lowest BCUT2D eigenvalue weighted by molar-refractivity contribution is 0.0955. The van der Waals surface area contributed by atoms with Crippen molar-refractivity contribution in [2.24, 2.45) is 0 Å². The number of hydrogen-bond acceptors (Lipinski definition) is 2. The topological polar surface area (TPSA) is 34.0 Å². The van der Waals surface area contributed by atoms with E-state index in [0.29, 0.717) is 12.6 Å². The molecule has 0 unspecified atom stereocenters. The van der Waals surface area contributed by atoms with Gasteiger partial charge >= 0.3 is 0 Å². The van der Waals surface area contributed by atoms with E-state index in [4.69, 9.17) is 0 Å². The summed E-state index contributed by atoms with van der Waals surface area (Å²) < 4.78 is 3.33. The SMILES string of the molecule is CC(C)n1cc2cc(C(=O)NCc3ccccc3)sc2c1. The van der Waals surface area contributed by atoms with Gasteiger partial charge in [0.25, 0.3) is 5.91 Å². The van der Waals surface area contributed by atoms with Gasteiger partial charge in [-0.2, -0.15) is 0 Å². The lowest BCUT2D eigenvalue weighted by Gasteiger charge is -2.05. The van der Waals surface area contributed by atoms with Crippen molar-refractivity contribution in [2.75, 3.05) is 0 Å². The quantitative estimate of drug-likeness (QED) is 0.769. The summed E-state index contributed by atoms with van der Waals surface area (Å²) >= 11 is 1.55. The predicted octanol–water partition coefficient (Wildman–Crippen LogP) is 4.21. The zero-order chi connectivity index (χ0) is 14.8. The standard InChI is InChI=1S/C17H18N2OS/c1-12(2)19-10-14-8-15(21-16(14)11-19)17(20)18-9-13-6-4-3-5-7-13/h3-8,10-12H,9H2,1-2H3,(H,18,20). The van der Waals surface area contributed by atoms with E-state index in [0.717, 1.165) is 20.5 Å². The van der Waals surface area contributed by atoms with Crippen molar-refractivity contribution in [3.05, 3.63) is 59.2 Å². The fraction of sp³-hybridized carbons (Fsp3) is 0.235. The summed E-state index contributed by atoms with van der Waals surface area (Å²) in [6.07, 6.45) is 4.21. The highest BCUT2D eigenvalue weighted by Gasteiger charge is 2.12. The second-order valence-electron chi connectivity index (χ2n) is 5.40. The minimum atomic E-state index is -0.00356. The molecule has 0 spiro atoms. The number of thiophene rings is 1. The largest absolute Gasteiger partial charge is 0.350 e. The molecule has 0 radical (unpaired) electrons. The van der Waals surface area contributed by atoms with Crippen molar-refractivity contribution in [1.29, 1.82) is 0 Å². The van der Waals surface area contributed by atoms with E-state index in [1.807, 2.05) is 36.4 Å². The average molecular weight is 298 g/mol. The maximum Gasteiger partial charge on any atom is 0.261 e. The van der Waals surface area contributed by atoms with Gasteiger partial charge in [0.1, 0.15) is 0 Å². The third kappa shape index (κ3) is 3.00. The smallest absolute Gasteiger partial charge is 0.261 e. The van der Waals surface area contributed by atoms with E-state index in [9.17, 15) is 4.79 Å². The minimum absolute atomic E-state index is 0.00356. The molecule has 2 heterocycles. The van der Waals surface area contributed by atoms with Crippen molar-refractivity contribution in [3.63, 3.8) is 0 Å². The second kappa shape index (κ2) is 5.74. The first-order valence-corrected chi connectivity index (χ1v) is 7.88. The summed E-state index contributed by atoms with van der Waals surface area (Å²) in [5, 5.41) is 4.11. The summed E-state index contributed by atoms with van der Waals surface area (Å²) in [5.74, 6) is -0.00356. The van der Waals surface area contributed by atoms with Gasteiger partial charge < -0.3 is 9.88 Å². The summed E-state index contributed by atoms with van der Waals surface area (Å²) in [6.45, 7) is 4.86. The fourth-order valence-corrected chi connectivity index (χ4v) is 3.22.